The second-order valence-corrected chi connectivity index (χ2v) is 5.47. The fourth-order valence-corrected chi connectivity index (χ4v) is 2.49. The molecule has 0 heterocycles. The monoisotopic (exact) mass is 343 g/mol. The third kappa shape index (κ3) is 4.97. The maximum absolute atomic E-state index is 12.1. The average molecular weight is 343 g/mol. The molecule has 2 rings (SSSR count). The van der Waals surface area contributed by atoms with Crippen molar-refractivity contribution in [3.05, 3.63) is 59.7 Å². The lowest BCUT2D eigenvalue weighted by Gasteiger charge is -2.14. The third-order valence-corrected chi connectivity index (χ3v) is 3.82. The molecule has 0 aliphatic rings. The van der Waals surface area contributed by atoms with Gasteiger partial charge in [-0.2, -0.15) is 0 Å². The maximum Gasteiger partial charge on any atom is 0.312 e. The SMILES string of the molecule is COc1ccc(CC(=O)NCC(C(=O)O)c2ccccc2)cc1OC. The highest BCUT2D eigenvalue weighted by Crippen LogP contribution is 2.27. The van der Waals surface area contributed by atoms with Crippen molar-refractivity contribution < 1.29 is 24.2 Å². The molecule has 0 saturated heterocycles. The van der Waals surface area contributed by atoms with Crippen LogP contribution in [0.3, 0.4) is 0 Å². The van der Waals surface area contributed by atoms with E-state index in [0.29, 0.717) is 17.1 Å². The zero-order chi connectivity index (χ0) is 18.2. The van der Waals surface area contributed by atoms with Crippen LogP contribution in [0.5, 0.6) is 11.5 Å². The van der Waals surface area contributed by atoms with Gasteiger partial charge in [0.2, 0.25) is 5.91 Å². The van der Waals surface area contributed by atoms with Gasteiger partial charge in [-0.1, -0.05) is 36.4 Å². The number of benzene rings is 2. The van der Waals surface area contributed by atoms with Crippen LogP contribution in [0, 0.1) is 0 Å². The summed E-state index contributed by atoms with van der Waals surface area (Å²) in [6, 6.07) is 14.1. The molecular formula is C19H21NO5. The Labute approximate surface area is 146 Å². The number of methoxy groups -OCH3 is 2. The normalized spacial score (nSPS) is 11.4. The van der Waals surface area contributed by atoms with Crippen molar-refractivity contribution in [1.82, 2.24) is 5.32 Å². The van der Waals surface area contributed by atoms with Gasteiger partial charge in [-0.25, -0.2) is 0 Å². The quantitative estimate of drug-likeness (QED) is 0.768. The number of carbonyl (C=O) groups excluding carboxylic acids is 1. The Morgan fingerprint density at radius 1 is 1.04 bits per heavy atom. The van der Waals surface area contributed by atoms with Gasteiger partial charge in [0.05, 0.1) is 26.6 Å². The molecule has 0 spiro atoms. The van der Waals surface area contributed by atoms with Gasteiger partial charge in [0.15, 0.2) is 11.5 Å². The maximum atomic E-state index is 12.1. The van der Waals surface area contributed by atoms with Crippen LogP contribution < -0.4 is 14.8 Å². The van der Waals surface area contributed by atoms with Crippen LogP contribution in [-0.2, 0) is 16.0 Å². The Morgan fingerprint density at radius 2 is 1.72 bits per heavy atom. The summed E-state index contributed by atoms with van der Waals surface area (Å²) in [5, 5.41) is 12.1. The minimum absolute atomic E-state index is 0.0332. The summed E-state index contributed by atoms with van der Waals surface area (Å²) in [7, 11) is 3.07. The second kappa shape index (κ2) is 8.73. The largest absolute Gasteiger partial charge is 0.493 e. The Morgan fingerprint density at radius 3 is 2.32 bits per heavy atom. The number of nitrogens with one attached hydrogen (secondary N) is 1. The number of carbonyl (C=O) groups is 2. The van der Waals surface area contributed by atoms with E-state index in [1.807, 2.05) is 6.07 Å². The van der Waals surface area contributed by atoms with Crippen LogP contribution in [0.2, 0.25) is 0 Å². The molecule has 0 aromatic heterocycles. The van der Waals surface area contributed by atoms with Crippen LogP contribution >= 0.6 is 0 Å². The van der Waals surface area contributed by atoms with E-state index in [9.17, 15) is 14.7 Å². The van der Waals surface area contributed by atoms with E-state index >= 15 is 0 Å². The first kappa shape index (κ1) is 18.3. The summed E-state index contributed by atoms with van der Waals surface area (Å²) in [5.41, 5.74) is 1.41. The van der Waals surface area contributed by atoms with Gasteiger partial charge in [0.25, 0.3) is 0 Å². The van der Waals surface area contributed by atoms with E-state index in [-0.39, 0.29) is 18.9 Å². The van der Waals surface area contributed by atoms with Crippen molar-refractivity contribution in [3.63, 3.8) is 0 Å². The summed E-state index contributed by atoms with van der Waals surface area (Å²) in [4.78, 5) is 23.6. The standard InChI is InChI=1S/C19H21NO5/c1-24-16-9-8-13(10-17(16)25-2)11-18(21)20-12-15(19(22)23)14-6-4-3-5-7-14/h3-10,15H,11-12H2,1-2H3,(H,20,21)(H,22,23). The number of rotatable bonds is 8. The molecule has 0 saturated carbocycles. The van der Waals surface area contributed by atoms with Crippen LogP contribution in [0.25, 0.3) is 0 Å². The zero-order valence-electron chi connectivity index (χ0n) is 14.2. The Kier molecular flexibility index (Phi) is 6.39. The van der Waals surface area contributed by atoms with E-state index in [0.717, 1.165) is 5.56 Å². The number of hydrogen-bond donors (Lipinski definition) is 2. The van der Waals surface area contributed by atoms with E-state index in [2.05, 4.69) is 5.32 Å². The average Bonchev–Trinajstić information content (AvgIpc) is 2.62. The first-order valence-electron chi connectivity index (χ1n) is 7.80. The third-order valence-electron chi connectivity index (χ3n) is 3.82. The van der Waals surface area contributed by atoms with E-state index in [1.165, 1.54) is 7.11 Å². The molecule has 1 amide bonds. The zero-order valence-corrected chi connectivity index (χ0v) is 14.2. The Hall–Kier alpha value is -3.02. The molecule has 0 aliphatic carbocycles. The molecule has 0 fully saturated rings. The number of amides is 1. The summed E-state index contributed by atoms with van der Waals surface area (Å²) in [6.45, 7) is 0.0332. The molecule has 0 radical (unpaired) electrons. The van der Waals surface area contributed by atoms with Crippen LogP contribution in [0.4, 0.5) is 0 Å². The summed E-state index contributed by atoms with van der Waals surface area (Å²) in [6.07, 6.45) is 0.126. The van der Waals surface area contributed by atoms with Crippen molar-refractivity contribution in [1.29, 1.82) is 0 Å². The summed E-state index contributed by atoms with van der Waals surface area (Å²) < 4.78 is 10.4. The van der Waals surface area contributed by atoms with Gasteiger partial charge in [-0.3, -0.25) is 9.59 Å². The fourth-order valence-electron chi connectivity index (χ4n) is 2.49. The van der Waals surface area contributed by atoms with Crippen LogP contribution in [0.1, 0.15) is 17.0 Å². The number of ether oxygens (including phenoxy) is 2. The number of hydrogen-bond acceptors (Lipinski definition) is 4. The molecule has 1 unspecified atom stereocenters. The molecule has 0 aliphatic heterocycles. The lowest BCUT2D eigenvalue weighted by Crippen LogP contribution is -2.32. The molecule has 6 heteroatoms. The first-order chi connectivity index (χ1) is 12.0. The number of carboxylic acids is 1. The number of aliphatic carboxylic acids is 1. The van der Waals surface area contributed by atoms with Crippen molar-refractivity contribution >= 4 is 11.9 Å². The van der Waals surface area contributed by atoms with Crippen LogP contribution in [-0.4, -0.2) is 37.7 Å². The summed E-state index contributed by atoms with van der Waals surface area (Å²) >= 11 is 0. The van der Waals surface area contributed by atoms with Crippen molar-refractivity contribution in [2.75, 3.05) is 20.8 Å². The smallest absolute Gasteiger partial charge is 0.312 e. The van der Waals surface area contributed by atoms with Gasteiger partial charge < -0.3 is 19.9 Å². The predicted octanol–water partition coefficient (Wildman–Crippen LogP) is 2.23. The molecule has 2 aromatic rings. The lowest BCUT2D eigenvalue weighted by molar-refractivity contribution is -0.138. The lowest BCUT2D eigenvalue weighted by atomic mass is 9.99. The van der Waals surface area contributed by atoms with Crippen molar-refractivity contribution in [2.24, 2.45) is 0 Å². The first-order valence-corrected chi connectivity index (χ1v) is 7.80. The topological polar surface area (TPSA) is 84.9 Å². The Balaban J connectivity index is 1.99. The van der Waals surface area contributed by atoms with Gasteiger partial charge in [-0.05, 0) is 23.3 Å². The van der Waals surface area contributed by atoms with E-state index in [1.54, 1.807) is 49.6 Å². The molecule has 1 atom stereocenters. The molecule has 2 aromatic carbocycles. The molecule has 2 N–H and O–H groups in total. The van der Waals surface area contributed by atoms with Gasteiger partial charge >= 0.3 is 5.97 Å². The molecule has 25 heavy (non-hydrogen) atoms. The minimum Gasteiger partial charge on any atom is -0.493 e. The molecule has 132 valence electrons. The minimum atomic E-state index is -0.974. The predicted molar refractivity (Wildman–Crippen MR) is 93.1 cm³/mol. The van der Waals surface area contributed by atoms with Crippen molar-refractivity contribution in [3.8, 4) is 11.5 Å². The highest BCUT2D eigenvalue weighted by atomic mass is 16.5. The second-order valence-electron chi connectivity index (χ2n) is 5.47. The van der Waals surface area contributed by atoms with Gasteiger partial charge in [0.1, 0.15) is 0 Å². The Bertz CT molecular complexity index is 730. The highest BCUT2D eigenvalue weighted by Gasteiger charge is 2.20. The molecule has 6 nitrogen and oxygen atoms in total. The van der Waals surface area contributed by atoms with Crippen LogP contribution in [0.15, 0.2) is 48.5 Å². The number of carboxylic acid groups (broad SMARTS) is 1. The fraction of sp³-hybridized carbons (Fsp3) is 0.263. The van der Waals surface area contributed by atoms with Gasteiger partial charge in [-0.15, -0.1) is 0 Å². The van der Waals surface area contributed by atoms with E-state index < -0.39 is 11.9 Å². The molecular weight excluding hydrogens is 322 g/mol. The molecule has 0 bridgehead atoms. The van der Waals surface area contributed by atoms with Gasteiger partial charge in [0, 0.05) is 6.54 Å². The van der Waals surface area contributed by atoms with Crippen molar-refractivity contribution in [2.45, 2.75) is 12.3 Å². The summed E-state index contributed by atoms with van der Waals surface area (Å²) in [5.74, 6) is -0.884. The van der Waals surface area contributed by atoms with E-state index in [4.69, 9.17) is 9.47 Å². The highest BCUT2D eigenvalue weighted by molar-refractivity contribution is 5.81.